The summed E-state index contributed by atoms with van der Waals surface area (Å²) in [5.74, 6) is -0.415. The molecule has 1 N–H and O–H groups in total. The number of benzene rings is 1. The minimum atomic E-state index is -0.766. The second-order valence-electron chi connectivity index (χ2n) is 5.30. The third-order valence-electron chi connectivity index (χ3n) is 3.77. The van der Waals surface area contributed by atoms with E-state index in [2.05, 4.69) is 15.9 Å². The van der Waals surface area contributed by atoms with Gasteiger partial charge in [-0.05, 0) is 43.4 Å². The number of nitrogens with zero attached hydrogens (tertiary/aromatic N) is 1. The number of hydrogen-bond acceptors (Lipinski definition) is 2. The van der Waals surface area contributed by atoms with Crippen molar-refractivity contribution in [1.82, 2.24) is 4.90 Å². The van der Waals surface area contributed by atoms with Gasteiger partial charge in [-0.25, -0.2) is 0 Å². The van der Waals surface area contributed by atoms with Crippen molar-refractivity contribution in [2.45, 2.75) is 26.2 Å². The van der Waals surface area contributed by atoms with E-state index in [4.69, 9.17) is 5.11 Å². The number of halogens is 1. The van der Waals surface area contributed by atoms with Crippen molar-refractivity contribution < 1.29 is 14.7 Å². The zero-order valence-corrected chi connectivity index (χ0v) is 13.0. The molecule has 0 spiro atoms. The fourth-order valence-electron chi connectivity index (χ4n) is 2.58. The summed E-state index contributed by atoms with van der Waals surface area (Å²) in [4.78, 5) is 24.9. The number of amides is 1. The maximum absolute atomic E-state index is 12.5. The standard InChI is InChI=1S/C15H18BrNO3/c1-10-2-4-12(16)8-13(10)15(20)17-7-6-11(9-17)3-5-14(18)19/h2,4,8,11H,3,5-7,9H2,1H3,(H,18,19). The number of aliphatic carboxylic acids is 1. The Kier molecular flexibility index (Phi) is 4.81. The van der Waals surface area contributed by atoms with E-state index < -0.39 is 5.97 Å². The second-order valence-corrected chi connectivity index (χ2v) is 6.21. The van der Waals surface area contributed by atoms with Crippen molar-refractivity contribution in [1.29, 1.82) is 0 Å². The lowest BCUT2D eigenvalue weighted by Crippen LogP contribution is -2.29. The fourth-order valence-corrected chi connectivity index (χ4v) is 2.94. The summed E-state index contributed by atoms with van der Waals surface area (Å²) in [6.07, 6.45) is 1.73. The van der Waals surface area contributed by atoms with Crippen LogP contribution in [0.1, 0.15) is 35.2 Å². The molecule has 1 unspecified atom stereocenters. The normalized spacial score (nSPS) is 18.3. The third-order valence-corrected chi connectivity index (χ3v) is 4.26. The minimum absolute atomic E-state index is 0.0432. The molecule has 1 heterocycles. The van der Waals surface area contributed by atoms with Gasteiger partial charge in [0, 0.05) is 29.5 Å². The van der Waals surface area contributed by atoms with Gasteiger partial charge in [-0.2, -0.15) is 0 Å². The van der Waals surface area contributed by atoms with Crippen LogP contribution in [0.25, 0.3) is 0 Å². The van der Waals surface area contributed by atoms with Gasteiger partial charge >= 0.3 is 5.97 Å². The summed E-state index contributed by atoms with van der Waals surface area (Å²) in [5.41, 5.74) is 1.69. The summed E-state index contributed by atoms with van der Waals surface area (Å²) in [5, 5.41) is 8.71. The highest BCUT2D eigenvalue weighted by atomic mass is 79.9. The van der Waals surface area contributed by atoms with Gasteiger partial charge in [0.05, 0.1) is 0 Å². The molecular formula is C15H18BrNO3. The molecule has 1 saturated heterocycles. The van der Waals surface area contributed by atoms with E-state index in [1.54, 1.807) is 0 Å². The molecule has 1 aliphatic rings. The van der Waals surface area contributed by atoms with Crippen LogP contribution in [0.4, 0.5) is 0 Å². The summed E-state index contributed by atoms with van der Waals surface area (Å²) in [6.45, 7) is 3.31. The van der Waals surface area contributed by atoms with Crippen LogP contribution < -0.4 is 0 Å². The number of aryl methyl sites for hydroxylation is 1. The fraction of sp³-hybridized carbons (Fsp3) is 0.467. The van der Waals surface area contributed by atoms with Crippen molar-refractivity contribution in [2.24, 2.45) is 5.92 Å². The number of carbonyl (C=O) groups is 2. The number of rotatable bonds is 4. The highest BCUT2D eigenvalue weighted by Crippen LogP contribution is 2.24. The van der Waals surface area contributed by atoms with E-state index in [0.29, 0.717) is 18.9 Å². The molecule has 5 heteroatoms. The molecule has 20 heavy (non-hydrogen) atoms. The average Bonchev–Trinajstić information content (AvgIpc) is 2.87. The van der Waals surface area contributed by atoms with Gasteiger partial charge in [0.2, 0.25) is 0 Å². The summed E-state index contributed by atoms with van der Waals surface area (Å²) in [7, 11) is 0. The van der Waals surface area contributed by atoms with Crippen LogP contribution in [-0.2, 0) is 4.79 Å². The Labute approximate surface area is 126 Å². The predicted octanol–water partition coefficient (Wildman–Crippen LogP) is 3.08. The summed E-state index contributed by atoms with van der Waals surface area (Å²) < 4.78 is 0.896. The van der Waals surface area contributed by atoms with Gasteiger partial charge in [-0.3, -0.25) is 9.59 Å². The zero-order chi connectivity index (χ0) is 14.7. The van der Waals surface area contributed by atoms with Crippen molar-refractivity contribution in [3.63, 3.8) is 0 Å². The van der Waals surface area contributed by atoms with Crippen molar-refractivity contribution in [3.8, 4) is 0 Å². The van der Waals surface area contributed by atoms with Crippen LogP contribution in [-0.4, -0.2) is 35.0 Å². The molecule has 1 aliphatic heterocycles. The third kappa shape index (κ3) is 3.60. The maximum atomic E-state index is 12.5. The molecule has 0 radical (unpaired) electrons. The Balaban J connectivity index is 2.00. The molecule has 1 atom stereocenters. The molecule has 1 fully saturated rings. The van der Waals surface area contributed by atoms with Gasteiger partial charge in [0.1, 0.15) is 0 Å². The molecule has 108 valence electrons. The van der Waals surface area contributed by atoms with E-state index >= 15 is 0 Å². The van der Waals surface area contributed by atoms with Gasteiger partial charge < -0.3 is 10.0 Å². The van der Waals surface area contributed by atoms with E-state index in [0.717, 1.165) is 28.6 Å². The molecule has 2 rings (SSSR count). The van der Waals surface area contributed by atoms with Gasteiger partial charge in [-0.1, -0.05) is 22.0 Å². The molecule has 0 aliphatic carbocycles. The van der Waals surface area contributed by atoms with Crippen LogP contribution in [0.5, 0.6) is 0 Å². The average molecular weight is 340 g/mol. The zero-order valence-electron chi connectivity index (χ0n) is 11.4. The van der Waals surface area contributed by atoms with Crippen molar-refractivity contribution >= 4 is 27.8 Å². The lowest BCUT2D eigenvalue weighted by atomic mass is 10.0. The first-order valence-corrected chi connectivity index (χ1v) is 7.54. The van der Waals surface area contributed by atoms with Crippen LogP contribution >= 0.6 is 15.9 Å². The second kappa shape index (κ2) is 6.39. The molecular weight excluding hydrogens is 322 g/mol. The van der Waals surface area contributed by atoms with Gasteiger partial charge in [0.25, 0.3) is 5.91 Å². The Bertz CT molecular complexity index is 530. The number of carboxylic acid groups (broad SMARTS) is 1. The Hall–Kier alpha value is -1.36. The van der Waals surface area contributed by atoms with Crippen LogP contribution in [0, 0.1) is 12.8 Å². The predicted molar refractivity (Wildman–Crippen MR) is 79.8 cm³/mol. The number of hydrogen-bond donors (Lipinski definition) is 1. The monoisotopic (exact) mass is 339 g/mol. The Morgan fingerprint density at radius 1 is 1.45 bits per heavy atom. The smallest absolute Gasteiger partial charge is 0.303 e. The highest BCUT2D eigenvalue weighted by Gasteiger charge is 2.27. The lowest BCUT2D eigenvalue weighted by molar-refractivity contribution is -0.137. The SMILES string of the molecule is Cc1ccc(Br)cc1C(=O)N1CCC(CCC(=O)O)C1. The maximum Gasteiger partial charge on any atom is 0.303 e. The van der Waals surface area contributed by atoms with E-state index in [1.165, 1.54) is 0 Å². The Morgan fingerprint density at radius 3 is 2.90 bits per heavy atom. The Morgan fingerprint density at radius 2 is 2.20 bits per heavy atom. The molecule has 0 saturated carbocycles. The molecule has 4 nitrogen and oxygen atoms in total. The largest absolute Gasteiger partial charge is 0.481 e. The summed E-state index contributed by atoms with van der Waals surface area (Å²) in [6, 6.07) is 5.70. The molecule has 1 aromatic carbocycles. The van der Waals surface area contributed by atoms with E-state index in [1.807, 2.05) is 30.0 Å². The molecule has 0 aromatic heterocycles. The molecule has 1 aromatic rings. The van der Waals surface area contributed by atoms with E-state index in [9.17, 15) is 9.59 Å². The number of carbonyl (C=O) groups excluding carboxylic acids is 1. The van der Waals surface area contributed by atoms with Crippen molar-refractivity contribution in [2.75, 3.05) is 13.1 Å². The first kappa shape index (κ1) is 15.0. The first-order chi connectivity index (χ1) is 9.47. The van der Waals surface area contributed by atoms with Crippen LogP contribution in [0.15, 0.2) is 22.7 Å². The van der Waals surface area contributed by atoms with Crippen LogP contribution in [0.3, 0.4) is 0 Å². The van der Waals surface area contributed by atoms with E-state index in [-0.39, 0.29) is 12.3 Å². The van der Waals surface area contributed by atoms with Crippen molar-refractivity contribution in [3.05, 3.63) is 33.8 Å². The van der Waals surface area contributed by atoms with Gasteiger partial charge in [-0.15, -0.1) is 0 Å². The topological polar surface area (TPSA) is 57.6 Å². The first-order valence-electron chi connectivity index (χ1n) is 6.74. The lowest BCUT2D eigenvalue weighted by Gasteiger charge is -2.18. The molecule has 0 bridgehead atoms. The number of likely N-dealkylation sites (tertiary alicyclic amines) is 1. The van der Waals surface area contributed by atoms with Gasteiger partial charge in [0.15, 0.2) is 0 Å². The molecule has 1 amide bonds. The van der Waals surface area contributed by atoms with Crippen LogP contribution in [0.2, 0.25) is 0 Å². The quantitative estimate of drug-likeness (QED) is 0.916. The number of carboxylic acids is 1. The highest BCUT2D eigenvalue weighted by molar-refractivity contribution is 9.10. The summed E-state index contributed by atoms with van der Waals surface area (Å²) >= 11 is 3.39. The minimum Gasteiger partial charge on any atom is -0.481 e.